The van der Waals surface area contributed by atoms with Crippen molar-refractivity contribution in [2.24, 2.45) is 0 Å². The highest BCUT2D eigenvalue weighted by molar-refractivity contribution is 5.77. The molecule has 106 valence electrons. The predicted molar refractivity (Wildman–Crippen MR) is 74.9 cm³/mol. The summed E-state index contributed by atoms with van der Waals surface area (Å²) in [5, 5.41) is 12.1. The van der Waals surface area contributed by atoms with Crippen molar-refractivity contribution in [1.29, 1.82) is 0 Å². The summed E-state index contributed by atoms with van der Waals surface area (Å²) < 4.78 is 5.39. The monoisotopic (exact) mass is 265 g/mol. The van der Waals surface area contributed by atoms with E-state index in [2.05, 4.69) is 5.32 Å². The number of carbonyl (C=O) groups excluding carboxylic acids is 1. The second-order valence-electron chi connectivity index (χ2n) is 5.54. The molecule has 0 aliphatic carbocycles. The lowest BCUT2D eigenvalue weighted by Crippen LogP contribution is -2.42. The maximum Gasteiger partial charge on any atom is 0.246 e. The number of rotatable bonds is 6. The number of nitrogens with one attached hydrogen (secondary N) is 1. The molecule has 0 aliphatic rings. The molecule has 0 fully saturated rings. The van der Waals surface area contributed by atoms with Crippen LogP contribution in [0.5, 0.6) is 0 Å². The summed E-state index contributed by atoms with van der Waals surface area (Å²) in [7, 11) is 0. The van der Waals surface area contributed by atoms with Gasteiger partial charge in [-0.2, -0.15) is 0 Å². The Kier molecular flexibility index (Phi) is 5.99. The van der Waals surface area contributed by atoms with E-state index in [1.807, 2.05) is 51.1 Å². The lowest BCUT2D eigenvalue weighted by Gasteiger charge is -2.21. The molecule has 0 spiro atoms. The van der Waals surface area contributed by atoms with Crippen LogP contribution in [0.4, 0.5) is 0 Å². The molecule has 0 bridgehead atoms. The van der Waals surface area contributed by atoms with Gasteiger partial charge in [0.1, 0.15) is 6.61 Å². The van der Waals surface area contributed by atoms with Gasteiger partial charge in [-0.25, -0.2) is 0 Å². The van der Waals surface area contributed by atoms with Gasteiger partial charge in [-0.05, 0) is 32.8 Å². The van der Waals surface area contributed by atoms with Crippen LogP contribution in [0.1, 0.15) is 26.3 Å². The lowest BCUT2D eigenvalue weighted by atomic mass is 10.1. The Balaban J connectivity index is 2.42. The first-order valence-electron chi connectivity index (χ1n) is 6.49. The van der Waals surface area contributed by atoms with E-state index in [1.165, 1.54) is 0 Å². The largest absolute Gasteiger partial charge is 0.394 e. The van der Waals surface area contributed by atoms with Gasteiger partial charge < -0.3 is 15.2 Å². The quantitative estimate of drug-likeness (QED) is 0.820. The average molecular weight is 265 g/mol. The molecule has 0 heterocycles. The fourth-order valence-corrected chi connectivity index (χ4v) is 1.61. The number of aliphatic hydroxyl groups excluding tert-OH is 1. The van der Waals surface area contributed by atoms with Crippen LogP contribution in [0.25, 0.3) is 0 Å². The minimum absolute atomic E-state index is 0.00872. The first-order chi connectivity index (χ1) is 8.90. The number of hydrogen-bond acceptors (Lipinski definition) is 3. The van der Waals surface area contributed by atoms with E-state index in [4.69, 9.17) is 4.74 Å². The highest BCUT2D eigenvalue weighted by Crippen LogP contribution is 2.06. The minimum Gasteiger partial charge on any atom is -0.394 e. The summed E-state index contributed by atoms with van der Waals surface area (Å²) >= 11 is 0. The first kappa shape index (κ1) is 15.7. The summed E-state index contributed by atoms with van der Waals surface area (Å²) in [4.78, 5) is 11.7. The van der Waals surface area contributed by atoms with Gasteiger partial charge in [0.05, 0.1) is 18.2 Å². The van der Waals surface area contributed by atoms with Crippen LogP contribution in [0.2, 0.25) is 0 Å². The van der Waals surface area contributed by atoms with Crippen molar-refractivity contribution in [2.75, 3.05) is 13.2 Å². The number of ether oxygens (including phenoxy) is 1. The zero-order chi connectivity index (χ0) is 14.3. The Morgan fingerprint density at radius 1 is 1.32 bits per heavy atom. The SMILES string of the molecule is CC(C)(C)OCC(=O)N[C@H](CO)Cc1ccccc1. The molecule has 1 aromatic carbocycles. The zero-order valence-corrected chi connectivity index (χ0v) is 11.8. The molecule has 4 nitrogen and oxygen atoms in total. The molecular weight excluding hydrogens is 242 g/mol. The second kappa shape index (κ2) is 7.26. The van der Waals surface area contributed by atoms with Crippen LogP contribution in [0.3, 0.4) is 0 Å². The van der Waals surface area contributed by atoms with E-state index in [0.717, 1.165) is 5.56 Å². The fraction of sp³-hybridized carbons (Fsp3) is 0.533. The molecule has 2 N–H and O–H groups in total. The van der Waals surface area contributed by atoms with E-state index >= 15 is 0 Å². The van der Waals surface area contributed by atoms with Crippen LogP contribution in [-0.2, 0) is 16.0 Å². The van der Waals surface area contributed by atoms with Gasteiger partial charge in [-0.1, -0.05) is 30.3 Å². The van der Waals surface area contributed by atoms with Crippen LogP contribution in [0.15, 0.2) is 30.3 Å². The smallest absolute Gasteiger partial charge is 0.246 e. The van der Waals surface area contributed by atoms with Crippen molar-refractivity contribution in [3.8, 4) is 0 Å². The fourth-order valence-electron chi connectivity index (χ4n) is 1.61. The van der Waals surface area contributed by atoms with Crippen molar-refractivity contribution >= 4 is 5.91 Å². The molecule has 0 unspecified atom stereocenters. The third-order valence-electron chi connectivity index (χ3n) is 2.55. The maximum absolute atomic E-state index is 11.7. The van der Waals surface area contributed by atoms with Crippen LogP contribution >= 0.6 is 0 Å². The van der Waals surface area contributed by atoms with Gasteiger partial charge in [-0.15, -0.1) is 0 Å². The summed E-state index contributed by atoms with van der Waals surface area (Å²) in [6, 6.07) is 9.48. The standard InChI is InChI=1S/C15H23NO3/c1-15(2,3)19-11-14(18)16-13(10-17)9-12-7-5-4-6-8-12/h4-8,13,17H,9-11H2,1-3H3,(H,16,18)/t13-/m0/s1. The van der Waals surface area contributed by atoms with E-state index < -0.39 is 0 Å². The van der Waals surface area contributed by atoms with Gasteiger partial charge >= 0.3 is 0 Å². The van der Waals surface area contributed by atoms with E-state index in [1.54, 1.807) is 0 Å². The van der Waals surface area contributed by atoms with Crippen molar-refractivity contribution in [3.63, 3.8) is 0 Å². The molecule has 0 radical (unpaired) electrons. The number of carbonyl (C=O) groups is 1. The van der Waals surface area contributed by atoms with Gasteiger partial charge in [0.25, 0.3) is 0 Å². The van der Waals surface area contributed by atoms with Crippen LogP contribution in [-0.4, -0.2) is 35.9 Å². The van der Waals surface area contributed by atoms with Crippen molar-refractivity contribution < 1.29 is 14.6 Å². The van der Waals surface area contributed by atoms with E-state index in [-0.39, 0.29) is 30.8 Å². The van der Waals surface area contributed by atoms with Crippen LogP contribution < -0.4 is 5.32 Å². The number of hydrogen-bond donors (Lipinski definition) is 2. The molecular formula is C15H23NO3. The summed E-state index contributed by atoms with van der Waals surface area (Å²) in [5.41, 5.74) is 0.740. The van der Waals surface area contributed by atoms with Crippen molar-refractivity contribution in [3.05, 3.63) is 35.9 Å². The Labute approximate surface area is 114 Å². The highest BCUT2D eigenvalue weighted by Gasteiger charge is 2.16. The maximum atomic E-state index is 11.7. The third kappa shape index (κ3) is 6.94. The summed E-state index contributed by atoms with van der Waals surface area (Å²) in [6.07, 6.45) is 0.610. The van der Waals surface area contributed by atoms with Gasteiger partial charge in [-0.3, -0.25) is 4.79 Å². The Morgan fingerprint density at radius 3 is 2.47 bits per heavy atom. The molecule has 0 aromatic heterocycles. The lowest BCUT2D eigenvalue weighted by molar-refractivity contribution is -0.131. The average Bonchev–Trinajstić information content (AvgIpc) is 2.36. The molecule has 1 rings (SSSR count). The molecule has 1 amide bonds. The highest BCUT2D eigenvalue weighted by atomic mass is 16.5. The summed E-state index contributed by atoms with van der Waals surface area (Å²) in [6.45, 7) is 5.61. The van der Waals surface area contributed by atoms with E-state index in [0.29, 0.717) is 6.42 Å². The molecule has 19 heavy (non-hydrogen) atoms. The normalized spacial score (nSPS) is 13.1. The summed E-state index contributed by atoms with van der Waals surface area (Å²) in [5.74, 6) is -0.204. The number of aliphatic hydroxyl groups is 1. The van der Waals surface area contributed by atoms with Crippen molar-refractivity contribution in [2.45, 2.75) is 38.8 Å². The molecule has 0 saturated carbocycles. The van der Waals surface area contributed by atoms with Crippen molar-refractivity contribution in [1.82, 2.24) is 5.32 Å². The topological polar surface area (TPSA) is 58.6 Å². The molecule has 1 aromatic rings. The molecule has 4 heteroatoms. The first-order valence-corrected chi connectivity index (χ1v) is 6.49. The van der Waals surface area contributed by atoms with E-state index in [9.17, 15) is 9.90 Å². The Morgan fingerprint density at radius 2 is 1.95 bits per heavy atom. The van der Waals surface area contributed by atoms with Crippen LogP contribution in [0, 0.1) is 0 Å². The minimum atomic E-state index is -0.342. The van der Waals surface area contributed by atoms with Gasteiger partial charge in [0.15, 0.2) is 0 Å². The Bertz CT molecular complexity index is 384. The number of benzene rings is 1. The number of amides is 1. The third-order valence-corrected chi connectivity index (χ3v) is 2.55. The van der Waals surface area contributed by atoms with Gasteiger partial charge in [0.2, 0.25) is 5.91 Å². The molecule has 0 aliphatic heterocycles. The zero-order valence-electron chi connectivity index (χ0n) is 11.8. The molecule has 1 atom stereocenters. The van der Waals surface area contributed by atoms with Gasteiger partial charge in [0, 0.05) is 0 Å². The predicted octanol–water partition coefficient (Wildman–Crippen LogP) is 1.52. The second-order valence-corrected chi connectivity index (χ2v) is 5.54. The Hall–Kier alpha value is -1.39. The molecule has 0 saturated heterocycles.